The summed E-state index contributed by atoms with van der Waals surface area (Å²) in [6.07, 6.45) is 4.05. The molecule has 3 N–H and O–H groups in total. The first-order valence-corrected chi connectivity index (χ1v) is 8.55. The van der Waals surface area contributed by atoms with Crippen LogP contribution in [0.25, 0.3) is 11.0 Å². The van der Waals surface area contributed by atoms with E-state index >= 15 is 0 Å². The molecule has 2 heterocycles. The Labute approximate surface area is 151 Å². The lowest BCUT2D eigenvalue weighted by Gasteiger charge is -2.14. The molecule has 8 heteroatoms. The second kappa shape index (κ2) is 8.17. The largest absolute Gasteiger partial charge is 0.497 e. The Morgan fingerprint density at radius 2 is 2.28 bits per heavy atom. The maximum atomic E-state index is 12.1. The van der Waals surface area contributed by atoms with Gasteiger partial charge in [-0.3, -0.25) is 15.6 Å². The van der Waals surface area contributed by atoms with Gasteiger partial charge in [0.05, 0.1) is 25.9 Å². The lowest BCUT2D eigenvalue weighted by atomic mass is 10.1. The first kappa shape index (κ1) is 17.5. The molecular weight excluding hydrogens is 342 g/mol. The van der Waals surface area contributed by atoms with E-state index < -0.39 is 0 Å². The van der Waals surface area contributed by atoms with Crippen LogP contribution in [0.4, 0.5) is 0 Å². The number of benzene rings is 1. The van der Waals surface area contributed by atoms with Crippen LogP contribution < -0.4 is 20.9 Å². The fourth-order valence-corrected chi connectivity index (χ4v) is 2.86. The van der Waals surface area contributed by atoms with Crippen LogP contribution in [-0.4, -0.2) is 37.4 Å². The molecule has 7 nitrogen and oxygen atoms in total. The van der Waals surface area contributed by atoms with Crippen molar-refractivity contribution >= 4 is 34.2 Å². The van der Waals surface area contributed by atoms with Crippen LogP contribution in [0.1, 0.15) is 18.4 Å². The molecule has 1 aromatic heterocycles. The van der Waals surface area contributed by atoms with Gasteiger partial charge >= 0.3 is 0 Å². The number of fused-ring (bicyclic) bond motifs is 1. The van der Waals surface area contributed by atoms with Crippen molar-refractivity contribution in [2.75, 3.05) is 20.3 Å². The highest BCUT2D eigenvalue weighted by Gasteiger charge is 2.15. The van der Waals surface area contributed by atoms with E-state index in [9.17, 15) is 4.79 Å². The zero-order valence-corrected chi connectivity index (χ0v) is 14.8. The minimum absolute atomic E-state index is 0.181. The molecule has 1 saturated heterocycles. The maximum Gasteiger partial charge on any atom is 0.242 e. The predicted molar refractivity (Wildman–Crippen MR) is 97.3 cm³/mol. The third-order valence-electron chi connectivity index (χ3n) is 4.04. The normalized spacial score (nSPS) is 16.6. The van der Waals surface area contributed by atoms with Crippen LogP contribution in [0.15, 0.2) is 28.9 Å². The van der Waals surface area contributed by atoms with Gasteiger partial charge in [0.1, 0.15) is 11.3 Å². The molecule has 0 bridgehead atoms. The number of carbonyl (C=O) groups excluding carboxylic acids is 1. The summed E-state index contributed by atoms with van der Waals surface area (Å²) >= 11 is 5.13. The van der Waals surface area contributed by atoms with E-state index in [2.05, 4.69) is 16.2 Å². The van der Waals surface area contributed by atoms with Crippen molar-refractivity contribution in [3.8, 4) is 5.75 Å². The second-order valence-corrected chi connectivity index (χ2v) is 6.23. The number of furan rings is 1. The molecule has 134 valence electrons. The molecular formula is C17H21N3O4S. The Balaban J connectivity index is 1.46. The van der Waals surface area contributed by atoms with Crippen molar-refractivity contribution in [1.82, 2.24) is 16.2 Å². The van der Waals surface area contributed by atoms with Crippen molar-refractivity contribution in [2.45, 2.75) is 25.4 Å². The third-order valence-corrected chi connectivity index (χ3v) is 4.29. The van der Waals surface area contributed by atoms with Crippen molar-refractivity contribution in [1.29, 1.82) is 0 Å². The minimum Gasteiger partial charge on any atom is -0.497 e. The lowest BCUT2D eigenvalue weighted by molar-refractivity contribution is -0.121. The number of hydrogen-bond acceptors (Lipinski definition) is 5. The van der Waals surface area contributed by atoms with Gasteiger partial charge in [-0.25, -0.2) is 0 Å². The minimum atomic E-state index is -0.209. The van der Waals surface area contributed by atoms with Gasteiger partial charge in [0, 0.05) is 30.2 Å². The van der Waals surface area contributed by atoms with Gasteiger partial charge in [-0.05, 0) is 37.2 Å². The number of amides is 1. The molecule has 0 radical (unpaired) electrons. The molecule has 1 aromatic carbocycles. The van der Waals surface area contributed by atoms with Crippen LogP contribution in [0.5, 0.6) is 5.75 Å². The molecule has 3 rings (SSSR count). The molecule has 1 unspecified atom stereocenters. The Bertz CT molecular complexity index is 755. The van der Waals surface area contributed by atoms with E-state index in [1.807, 2.05) is 12.1 Å². The van der Waals surface area contributed by atoms with Crippen LogP contribution in [-0.2, 0) is 16.0 Å². The van der Waals surface area contributed by atoms with Crippen LogP contribution >= 0.6 is 12.2 Å². The third kappa shape index (κ3) is 4.61. The topological polar surface area (TPSA) is 84.8 Å². The van der Waals surface area contributed by atoms with Gasteiger partial charge in [-0.15, -0.1) is 0 Å². The number of methoxy groups -OCH3 is 1. The van der Waals surface area contributed by atoms with Crippen LogP contribution in [0, 0.1) is 0 Å². The average molecular weight is 363 g/mol. The van der Waals surface area contributed by atoms with Crippen molar-refractivity contribution in [3.05, 3.63) is 30.0 Å². The number of thiocarbonyl (C=S) groups is 1. The highest BCUT2D eigenvalue weighted by atomic mass is 32.1. The Morgan fingerprint density at radius 3 is 3.04 bits per heavy atom. The summed E-state index contributed by atoms with van der Waals surface area (Å²) < 4.78 is 16.1. The van der Waals surface area contributed by atoms with E-state index in [0.717, 1.165) is 30.4 Å². The first-order chi connectivity index (χ1) is 12.2. The average Bonchev–Trinajstić information content (AvgIpc) is 3.28. The summed E-state index contributed by atoms with van der Waals surface area (Å²) in [6, 6.07) is 5.50. The summed E-state index contributed by atoms with van der Waals surface area (Å²) in [4.78, 5) is 12.1. The number of hydrazine groups is 1. The highest BCUT2D eigenvalue weighted by Crippen LogP contribution is 2.25. The van der Waals surface area contributed by atoms with Crippen molar-refractivity contribution in [2.24, 2.45) is 0 Å². The molecule has 0 aliphatic carbocycles. The number of rotatable bonds is 5. The summed E-state index contributed by atoms with van der Waals surface area (Å²) in [5.41, 5.74) is 6.77. The van der Waals surface area contributed by atoms with E-state index in [0.29, 0.717) is 23.0 Å². The highest BCUT2D eigenvalue weighted by molar-refractivity contribution is 7.80. The number of hydrogen-bond donors (Lipinski definition) is 3. The molecule has 1 fully saturated rings. The Morgan fingerprint density at radius 1 is 1.40 bits per heavy atom. The standard InChI is InChI=1S/C17H21N3O4S/c1-22-12-4-5-14-11(10-24-15(14)8-12)7-16(21)19-20-17(25)18-9-13-3-2-6-23-13/h4-5,8,10,13H,2-3,6-7,9H2,1H3,(H,19,21)(H2,18,20,25). The summed E-state index contributed by atoms with van der Waals surface area (Å²) in [7, 11) is 1.60. The Kier molecular flexibility index (Phi) is 5.72. The SMILES string of the molecule is COc1ccc2c(CC(=O)NNC(=S)NCC3CCCO3)coc2c1. The smallest absolute Gasteiger partial charge is 0.242 e. The molecule has 1 amide bonds. The summed E-state index contributed by atoms with van der Waals surface area (Å²) in [5.74, 6) is 0.502. The van der Waals surface area contributed by atoms with Gasteiger partial charge in [-0.2, -0.15) is 0 Å². The quantitative estimate of drug-likeness (QED) is 0.550. The van der Waals surface area contributed by atoms with Crippen LogP contribution in [0.2, 0.25) is 0 Å². The molecule has 1 aliphatic heterocycles. The molecule has 0 saturated carbocycles. The number of ether oxygens (including phenoxy) is 2. The van der Waals surface area contributed by atoms with Gasteiger partial charge in [0.2, 0.25) is 5.91 Å². The fourth-order valence-electron chi connectivity index (χ4n) is 2.73. The maximum absolute atomic E-state index is 12.1. The zero-order valence-electron chi connectivity index (χ0n) is 14.0. The first-order valence-electron chi connectivity index (χ1n) is 8.14. The summed E-state index contributed by atoms with van der Waals surface area (Å²) in [6.45, 7) is 1.43. The molecule has 1 atom stereocenters. The van der Waals surface area contributed by atoms with Gasteiger partial charge in [0.15, 0.2) is 5.11 Å². The van der Waals surface area contributed by atoms with Crippen molar-refractivity contribution in [3.63, 3.8) is 0 Å². The number of carbonyl (C=O) groups is 1. The Hall–Kier alpha value is -2.32. The monoisotopic (exact) mass is 363 g/mol. The van der Waals surface area contributed by atoms with E-state index in [1.54, 1.807) is 19.4 Å². The van der Waals surface area contributed by atoms with Crippen LogP contribution in [0.3, 0.4) is 0 Å². The van der Waals surface area contributed by atoms with E-state index in [1.165, 1.54) is 0 Å². The van der Waals surface area contributed by atoms with Crippen molar-refractivity contribution < 1.29 is 18.7 Å². The molecule has 0 spiro atoms. The van der Waals surface area contributed by atoms with Gasteiger partial charge in [0.25, 0.3) is 0 Å². The molecule has 2 aromatic rings. The zero-order chi connectivity index (χ0) is 17.6. The molecule has 1 aliphatic rings. The van der Waals surface area contributed by atoms with Gasteiger partial charge in [-0.1, -0.05) is 0 Å². The summed E-state index contributed by atoms with van der Waals surface area (Å²) in [5, 5.41) is 4.28. The van der Waals surface area contributed by atoms with E-state index in [-0.39, 0.29) is 18.4 Å². The predicted octanol–water partition coefficient (Wildman–Crippen LogP) is 1.66. The molecule has 25 heavy (non-hydrogen) atoms. The second-order valence-electron chi connectivity index (χ2n) is 5.82. The van der Waals surface area contributed by atoms with Gasteiger partial charge < -0.3 is 19.2 Å². The fraction of sp³-hybridized carbons (Fsp3) is 0.412. The number of nitrogens with one attached hydrogen (secondary N) is 3. The van der Waals surface area contributed by atoms with E-state index in [4.69, 9.17) is 26.1 Å². The lowest BCUT2D eigenvalue weighted by Crippen LogP contribution is -2.48.